The lowest BCUT2D eigenvalue weighted by atomic mass is 9.81. The first-order chi connectivity index (χ1) is 28.5. The number of hydrogen-bond donors (Lipinski definition) is 0. The summed E-state index contributed by atoms with van der Waals surface area (Å²) in [5, 5.41) is 10.3. The minimum atomic E-state index is -0.0189. The van der Waals surface area contributed by atoms with Crippen LogP contribution in [0.2, 0.25) is 0 Å². The minimum Gasteiger partial charge on any atom is -0.309 e. The predicted octanol–water partition coefficient (Wildman–Crippen LogP) is 15.6. The van der Waals surface area contributed by atoms with Crippen LogP contribution in [0.25, 0.3) is 104 Å². The van der Waals surface area contributed by atoms with Gasteiger partial charge in [0.25, 0.3) is 0 Å². The third-order valence-corrected chi connectivity index (χ3v) is 13.0. The highest BCUT2D eigenvalue weighted by Crippen LogP contribution is 2.49. The van der Waals surface area contributed by atoms with Crippen LogP contribution in [0.3, 0.4) is 0 Å². The maximum atomic E-state index is 2.44. The van der Waals surface area contributed by atoms with Crippen LogP contribution in [-0.2, 0) is 5.41 Å². The van der Waals surface area contributed by atoms with Gasteiger partial charge in [0.1, 0.15) is 0 Å². The van der Waals surface area contributed by atoms with Crippen molar-refractivity contribution in [1.82, 2.24) is 4.57 Å². The van der Waals surface area contributed by atoms with Gasteiger partial charge in [0.2, 0.25) is 0 Å². The zero-order valence-corrected chi connectivity index (χ0v) is 32.5. The van der Waals surface area contributed by atoms with E-state index in [-0.39, 0.29) is 5.41 Å². The van der Waals surface area contributed by atoms with E-state index in [4.69, 9.17) is 0 Å². The van der Waals surface area contributed by atoms with Crippen LogP contribution in [0.15, 0.2) is 200 Å². The molecule has 1 nitrogen and oxygen atoms in total. The molecule has 0 bridgehead atoms. The molecule has 58 heavy (non-hydrogen) atoms. The summed E-state index contributed by atoms with van der Waals surface area (Å²) in [6.45, 7) is 4.70. The number of para-hydroxylation sites is 1. The maximum Gasteiger partial charge on any atom is 0.0547 e. The summed E-state index contributed by atoms with van der Waals surface area (Å²) in [4.78, 5) is 0. The van der Waals surface area contributed by atoms with Gasteiger partial charge in [-0.1, -0.05) is 178 Å². The molecule has 12 rings (SSSR count). The molecule has 1 aliphatic rings. The number of nitrogens with zero attached hydrogens (tertiary/aromatic N) is 1. The topological polar surface area (TPSA) is 4.93 Å². The Morgan fingerprint density at radius 1 is 0.293 bits per heavy atom. The molecule has 0 aliphatic heterocycles. The quantitative estimate of drug-likeness (QED) is 0.159. The molecule has 0 unspecified atom stereocenters. The number of benzene rings is 10. The van der Waals surface area contributed by atoms with Gasteiger partial charge < -0.3 is 4.57 Å². The van der Waals surface area contributed by atoms with Crippen molar-refractivity contribution >= 4 is 54.1 Å². The third kappa shape index (κ3) is 4.83. The van der Waals surface area contributed by atoms with Crippen LogP contribution >= 0.6 is 0 Å². The van der Waals surface area contributed by atoms with E-state index in [0.717, 1.165) is 5.69 Å². The summed E-state index contributed by atoms with van der Waals surface area (Å²) < 4.78 is 2.44. The molecule has 0 atom stereocenters. The van der Waals surface area contributed by atoms with Gasteiger partial charge >= 0.3 is 0 Å². The standard InChI is InChI=1S/C57H39N/c1-57(2)53-20-9-7-18-48(53)49-30-27-40(34-54(49)57)36-22-24-37(25-23-36)41-28-31-51-50-19-8-10-21-55(50)58(56(51)35-41)42-13-11-12-38(32-42)39-26-29-47-45-16-4-3-14-43(45)44-15-5-6-17-46(44)52(47)33-39/h3-35H,1-2H3. The first kappa shape index (κ1) is 33.0. The zero-order chi connectivity index (χ0) is 38.5. The van der Waals surface area contributed by atoms with Gasteiger partial charge in [-0.2, -0.15) is 0 Å². The number of fused-ring (bicyclic) bond motifs is 12. The van der Waals surface area contributed by atoms with Crippen molar-refractivity contribution in [1.29, 1.82) is 0 Å². The molecule has 0 saturated heterocycles. The van der Waals surface area contributed by atoms with E-state index in [0.29, 0.717) is 0 Å². The molecule has 10 aromatic carbocycles. The van der Waals surface area contributed by atoms with E-state index in [1.807, 2.05) is 0 Å². The molecular formula is C57H39N. The van der Waals surface area contributed by atoms with Crippen molar-refractivity contribution in [3.63, 3.8) is 0 Å². The van der Waals surface area contributed by atoms with Crippen molar-refractivity contribution in [3.05, 3.63) is 211 Å². The van der Waals surface area contributed by atoms with Crippen molar-refractivity contribution in [2.75, 3.05) is 0 Å². The summed E-state index contributed by atoms with van der Waals surface area (Å²) in [6, 6.07) is 74.4. The molecule has 1 aromatic heterocycles. The summed E-state index contributed by atoms with van der Waals surface area (Å²) in [5.74, 6) is 0. The molecule has 0 N–H and O–H groups in total. The molecule has 0 spiro atoms. The van der Waals surface area contributed by atoms with E-state index < -0.39 is 0 Å². The Labute approximate surface area is 338 Å². The molecule has 11 aromatic rings. The molecule has 0 fully saturated rings. The Morgan fingerprint density at radius 3 is 1.50 bits per heavy atom. The summed E-state index contributed by atoms with van der Waals surface area (Å²) in [5.41, 5.74) is 16.4. The van der Waals surface area contributed by atoms with Gasteiger partial charge in [-0.05, 0) is 124 Å². The van der Waals surface area contributed by atoms with Gasteiger partial charge in [0.05, 0.1) is 11.0 Å². The molecule has 0 saturated carbocycles. The predicted molar refractivity (Wildman–Crippen MR) is 247 cm³/mol. The molecular weight excluding hydrogens is 699 g/mol. The van der Waals surface area contributed by atoms with Crippen LogP contribution in [0.4, 0.5) is 0 Å². The average Bonchev–Trinajstić information content (AvgIpc) is 3.74. The SMILES string of the molecule is CC1(C)c2ccccc2-c2ccc(-c3ccc(-c4ccc5c6ccccc6n(-c6cccc(-c7ccc8c9ccccc9c9ccccc9c8c7)c6)c5c4)cc3)cc21. The third-order valence-electron chi connectivity index (χ3n) is 13.0. The van der Waals surface area contributed by atoms with Gasteiger partial charge in [0, 0.05) is 21.9 Å². The summed E-state index contributed by atoms with van der Waals surface area (Å²) in [7, 11) is 0. The van der Waals surface area contributed by atoms with Crippen molar-refractivity contribution in [2.24, 2.45) is 0 Å². The van der Waals surface area contributed by atoms with Gasteiger partial charge in [-0.15, -0.1) is 0 Å². The largest absolute Gasteiger partial charge is 0.309 e. The van der Waals surface area contributed by atoms with Crippen LogP contribution < -0.4 is 0 Å². The van der Waals surface area contributed by atoms with Gasteiger partial charge in [0.15, 0.2) is 0 Å². The number of hydrogen-bond acceptors (Lipinski definition) is 0. The lowest BCUT2D eigenvalue weighted by Gasteiger charge is -2.22. The second kappa shape index (κ2) is 12.4. The smallest absolute Gasteiger partial charge is 0.0547 e. The summed E-state index contributed by atoms with van der Waals surface area (Å²) >= 11 is 0. The van der Waals surface area contributed by atoms with E-state index >= 15 is 0 Å². The monoisotopic (exact) mass is 737 g/mol. The Bertz CT molecular complexity index is 3430. The normalized spacial score (nSPS) is 13.1. The van der Waals surface area contributed by atoms with E-state index in [2.05, 4.69) is 219 Å². The van der Waals surface area contributed by atoms with Crippen LogP contribution in [0.1, 0.15) is 25.0 Å². The Morgan fingerprint density at radius 2 is 0.776 bits per heavy atom. The lowest BCUT2D eigenvalue weighted by molar-refractivity contribution is 0.660. The Hall–Kier alpha value is -7.22. The second-order valence-electron chi connectivity index (χ2n) is 16.5. The van der Waals surface area contributed by atoms with E-state index in [9.17, 15) is 0 Å². The lowest BCUT2D eigenvalue weighted by Crippen LogP contribution is -2.14. The van der Waals surface area contributed by atoms with Crippen molar-refractivity contribution in [3.8, 4) is 50.2 Å². The molecule has 0 amide bonds. The molecule has 1 aliphatic carbocycles. The maximum absolute atomic E-state index is 2.44. The molecule has 1 heterocycles. The minimum absolute atomic E-state index is 0.0189. The molecule has 272 valence electrons. The first-order valence-corrected chi connectivity index (χ1v) is 20.3. The van der Waals surface area contributed by atoms with E-state index in [1.165, 1.54) is 110 Å². The fourth-order valence-electron chi connectivity index (χ4n) is 10.1. The van der Waals surface area contributed by atoms with Crippen molar-refractivity contribution < 1.29 is 0 Å². The van der Waals surface area contributed by atoms with E-state index in [1.54, 1.807) is 0 Å². The van der Waals surface area contributed by atoms with Crippen molar-refractivity contribution in [2.45, 2.75) is 19.3 Å². The number of aromatic nitrogens is 1. The molecule has 1 heteroatoms. The first-order valence-electron chi connectivity index (χ1n) is 20.3. The van der Waals surface area contributed by atoms with Gasteiger partial charge in [-0.3, -0.25) is 0 Å². The second-order valence-corrected chi connectivity index (χ2v) is 16.5. The summed E-state index contributed by atoms with van der Waals surface area (Å²) in [6.07, 6.45) is 0. The highest BCUT2D eigenvalue weighted by Gasteiger charge is 2.35. The Balaban J connectivity index is 0.945. The van der Waals surface area contributed by atoms with Gasteiger partial charge in [-0.25, -0.2) is 0 Å². The molecule has 0 radical (unpaired) electrons. The fraction of sp³-hybridized carbons (Fsp3) is 0.0526. The average molecular weight is 738 g/mol. The van der Waals surface area contributed by atoms with Crippen LogP contribution in [0.5, 0.6) is 0 Å². The van der Waals surface area contributed by atoms with Crippen LogP contribution in [-0.4, -0.2) is 4.57 Å². The highest BCUT2D eigenvalue weighted by molar-refractivity contribution is 6.25. The zero-order valence-electron chi connectivity index (χ0n) is 32.5. The Kier molecular flexibility index (Phi) is 7.04. The number of rotatable bonds is 4. The fourth-order valence-corrected chi connectivity index (χ4v) is 10.1. The highest BCUT2D eigenvalue weighted by atomic mass is 15.0. The van der Waals surface area contributed by atoms with Crippen LogP contribution in [0, 0.1) is 0 Å².